The minimum Gasteiger partial charge on any atom is -0.487 e. The van der Waals surface area contributed by atoms with Crippen molar-refractivity contribution >= 4 is 45.6 Å². The van der Waals surface area contributed by atoms with Gasteiger partial charge in [-0.15, -0.1) is 22.7 Å². The molecule has 0 atom stereocenters. The van der Waals surface area contributed by atoms with Crippen LogP contribution < -0.4 is 10.1 Å². The molecule has 0 radical (unpaired) electrons. The molecule has 3 rings (SSSR count). The number of thiazole rings is 2. The number of anilines is 1. The van der Waals surface area contributed by atoms with E-state index >= 15 is 0 Å². The first kappa shape index (κ1) is 18.9. The van der Waals surface area contributed by atoms with E-state index in [9.17, 15) is 9.59 Å². The summed E-state index contributed by atoms with van der Waals surface area (Å²) in [7, 11) is 0. The number of hydrogen-bond acceptors (Lipinski definition) is 7. The average molecular weight is 399 g/mol. The molecular formula is C19H17N3O3S2. The number of nitrogens with one attached hydrogen (secondary N) is 1. The highest BCUT2D eigenvalue weighted by Crippen LogP contribution is 2.22. The van der Waals surface area contributed by atoms with E-state index in [2.05, 4.69) is 15.3 Å². The number of ketones is 1. The van der Waals surface area contributed by atoms with Crippen molar-refractivity contribution in [2.45, 2.75) is 20.5 Å². The summed E-state index contributed by atoms with van der Waals surface area (Å²) in [6, 6.07) is 7.45. The fourth-order valence-corrected chi connectivity index (χ4v) is 3.53. The summed E-state index contributed by atoms with van der Waals surface area (Å²) in [5.74, 6) is 0.202. The van der Waals surface area contributed by atoms with Gasteiger partial charge in [-0.25, -0.2) is 9.97 Å². The monoisotopic (exact) mass is 399 g/mol. The van der Waals surface area contributed by atoms with Crippen LogP contribution in [0.1, 0.15) is 33.7 Å². The number of hydrogen-bond donors (Lipinski definition) is 1. The molecule has 0 aliphatic carbocycles. The second kappa shape index (κ2) is 8.70. The van der Waals surface area contributed by atoms with Gasteiger partial charge in [0.15, 0.2) is 10.9 Å². The Morgan fingerprint density at radius 1 is 1.19 bits per heavy atom. The smallest absolute Gasteiger partial charge is 0.250 e. The van der Waals surface area contributed by atoms with Crippen LogP contribution in [0.4, 0.5) is 5.13 Å². The van der Waals surface area contributed by atoms with E-state index in [4.69, 9.17) is 4.74 Å². The molecule has 1 aromatic carbocycles. The van der Waals surface area contributed by atoms with Gasteiger partial charge in [-0.1, -0.05) is 18.2 Å². The van der Waals surface area contributed by atoms with Gasteiger partial charge in [0.25, 0.3) is 0 Å². The van der Waals surface area contributed by atoms with Gasteiger partial charge in [-0.3, -0.25) is 14.9 Å². The maximum Gasteiger partial charge on any atom is 0.250 e. The van der Waals surface area contributed by atoms with E-state index < -0.39 is 0 Å². The Hall–Kier alpha value is -2.84. The molecule has 0 aliphatic rings. The number of para-hydroxylation sites is 1. The summed E-state index contributed by atoms with van der Waals surface area (Å²) in [6.45, 7) is 3.75. The van der Waals surface area contributed by atoms with Crippen LogP contribution in [0.25, 0.3) is 6.08 Å². The van der Waals surface area contributed by atoms with Crippen LogP contribution in [-0.2, 0) is 11.4 Å². The van der Waals surface area contributed by atoms with Crippen LogP contribution in [0.3, 0.4) is 0 Å². The molecule has 0 bridgehead atoms. The highest BCUT2D eigenvalue weighted by molar-refractivity contribution is 7.14. The first-order valence-electron chi connectivity index (χ1n) is 8.09. The number of nitrogens with zero attached hydrogens (tertiary/aromatic N) is 2. The number of aromatic nitrogens is 2. The number of rotatable bonds is 7. The Balaban J connectivity index is 1.63. The second-order valence-corrected chi connectivity index (χ2v) is 7.52. The zero-order chi connectivity index (χ0) is 19.2. The molecule has 0 spiro atoms. The molecule has 2 heterocycles. The minimum atomic E-state index is -0.329. The lowest BCUT2D eigenvalue weighted by Gasteiger charge is -2.07. The van der Waals surface area contributed by atoms with Crippen LogP contribution in [0.15, 0.2) is 41.1 Å². The van der Waals surface area contributed by atoms with E-state index in [1.54, 1.807) is 22.8 Å². The van der Waals surface area contributed by atoms with Crippen molar-refractivity contribution in [2.24, 2.45) is 0 Å². The first-order valence-corrected chi connectivity index (χ1v) is 9.85. The Bertz CT molecular complexity index is 992. The number of benzene rings is 1. The second-order valence-electron chi connectivity index (χ2n) is 5.60. The van der Waals surface area contributed by atoms with Crippen molar-refractivity contribution in [3.8, 4) is 5.75 Å². The summed E-state index contributed by atoms with van der Waals surface area (Å²) >= 11 is 2.79. The van der Waals surface area contributed by atoms with Gasteiger partial charge >= 0.3 is 0 Å². The highest BCUT2D eigenvalue weighted by atomic mass is 32.1. The van der Waals surface area contributed by atoms with E-state index in [1.165, 1.54) is 24.3 Å². The molecule has 0 aliphatic heterocycles. The van der Waals surface area contributed by atoms with E-state index in [0.717, 1.165) is 16.3 Å². The lowest BCUT2D eigenvalue weighted by atomic mass is 10.2. The fraction of sp³-hybridized carbons (Fsp3) is 0.158. The third-order valence-electron chi connectivity index (χ3n) is 3.47. The number of Topliss-reactive ketones (excluding diaryl/α,β-unsaturated/α-hetero) is 1. The molecule has 0 unspecified atom stereocenters. The van der Waals surface area contributed by atoms with Crippen molar-refractivity contribution in [1.29, 1.82) is 0 Å². The van der Waals surface area contributed by atoms with Gasteiger partial charge in [0.1, 0.15) is 18.1 Å². The molecule has 1 N–H and O–H groups in total. The van der Waals surface area contributed by atoms with Crippen molar-refractivity contribution in [1.82, 2.24) is 9.97 Å². The number of carbonyl (C=O) groups is 2. The Kier molecular flexibility index (Phi) is 6.10. The van der Waals surface area contributed by atoms with Crippen molar-refractivity contribution in [2.75, 3.05) is 5.32 Å². The predicted octanol–water partition coefficient (Wildman–Crippen LogP) is 4.34. The number of amides is 1. The number of aryl methyl sites for hydroxylation is 1. The zero-order valence-corrected chi connectivity index (χ0v) is 16.4. The number of carbonyl (C=O) groups excluding carboxylic acids is 2. The molecule has 2 aromatic heterocycles. The largest absolute Gasteiger partial charge is 0.487 e. The summed E-state index contributed by atoms with van der Waals surface area (Å²) in [6.07, 6.45) is 3.08. The van der Waals surface area contributed by atoms with E-state index in [1.807, 2.05) is 36.6 Å². The summed E-state index contributed by atoms with van der Waals surface area (Å²) in [5.41, 5.74) is 2.00. The van der Waals surface area contributed by atoms with Crippen LogP contribution in [0, 0.1) is 6.92 Å². The lowest BCUT2D eigenvalue weighted by Crippen LogP contribution is -2.08. The minimum absolute atomic E-state index is 0.135. The van der Waals surface area contributed by atoms with Gasteiger partial charge in [0, 0.05) is 29.3 Å². The third-order valence-corrected chi connectivity index (χ3v) is 5.05. The standard InChI is InChI=1S/C19H17N3O3S2/c1-12(23)16-11-27-19(21-16)22-18(24)8-7-14-5-3-4-6-17(14)25-9-15-10-26-13(2)20-15/h3-8,10-11H,9H2,1-2H3,(H,21,22,24)/b8-7+. The SMILES string of the molecule is CC(=O)c1csc(NC(=O)/C=C/c2ccccc2OCc2csc(C)n2)n1. The first-order chi connectivity index (χ1) is 13.0. The van der Waals surface area contributed by atoms with Gasteiger partial charge < -0.3 is 4.74 Å². The van der Waals surface area contributed by atoms with Crippen LogP contribution in [0.2, 0.25) is 0 Å². The molecule has 6 nitrogen and oxygen atoms in total. The highest BCUT2D eigenvalue weighted by Gasteiger charge is 2.08. The topological polar surface area (TPSA) is 81.2 Å². The van der Waals surface area contributed by atoms with Crippen LogP contribution in [0.5, 0.6) is 5.75 Å². The van der Waals surface area contributed by atoms with Crippen molar-refractivity contribution in [3.63, 3.8) is 0 Å². The molecule has 138 valence electrons. The average Bonchev–Trinajstić information content (AvgIpc) is 3.28. The van der Waals surface area contributed by atoms with Crippen molar-refractivity contribution < 1.29 is 14.3 Å². The Labute approximate surface area is 164 Å². The maximum atomic E-state index is 12.1. The summed E-state index contributed by atoms with van der Waals surface area (Å²) in [4.78, 5) is 31.8. The van der Waals surface area contributed by atoms with Gasteiger partial charge in [-0.2, -0.15) is 0 Å². The van der Waals surface area contributed by atoms with Crippen LogP contribution in [-0.4, -0.2) is 21.7 Å². The number of ether oxygens (including phenoxy) is 1. The molecule has 8 heteroatoms. The van der Waals surface area contributed by atoms with Gasteiger partial charge in [0.05, 0.1) is 10.7 Å². The molecule has 3 aromatic rings. The van der Waals surface area contributed by atoms with E-state index in [-0.39, 0.29) is 11.7 Å². The molecular weight excluding hydrogens is 382 g/mol. The Morgan fingerprint density at radius 2 is 2.00 bits per heavy atom. The Morgan fingerprint density at radius 3 is 2.70 bits per heavy atom. The normalized spacial score (nSPS) is 10.9. The van der Waals surface area contributed by atoms with Crippen LogP contribution >= 0.6 is 22.7 Å². The quantitative estimate of drug-likeness (QED) is 0.472. The summed E-state index contributed by atoms with van der Waals surface area (Å²) < 4.78 is 5.83. The van der Waals surface area contributed by atoms with Gasteiger partial charge in [-0.05, 0) is 19.1 Å². The predicted molar refractivity (Wildman–Crippen MR) is 107 cm³/mol. The lowest BCUT2D eigenvalue weighted by molar-refractivity contribution is -0.111. The molecule has 0 saturated heterocycles. The molecule has 1 amide bonds. The third kappa shape index (κ3) is 5.32. The van der Waals surface area contributed by atoms with Crippen molar-refractivity contribution in [3.05, 3.63) is 63.1 Å². The molecule has 0 saturated carbocycles. The maximum absolute atomic E-state index is 12.1. The fourth-order valence-electron chi connectivity index (χ4n) is 2.18. The van der Waals surface area contributed by atoms with Gasteiger partial charge in [0.2, 0.25) is 5.91 Å². The summed E-state index contributed by atoms with van der Waals surface area (Å²) in [5, 5.41) is 7.61. The molecule has 0 fully saturated rings. The van der Waals surface area contributed by atoms with E-state index in [0.29, 0.717) is 23.2 Å². The zero-order valence-electron chi connectivity index (χ0n) is 14.8. The molecule has 27 heavy (non-hydrogen) atoms.